The molecule has 2 aromatic rings. The molecule has 0 aromatic carbocycles. The standard InChI is InChI=1S/C14H13N5O3/c1-9-11(7-18-22-9)14(20)19-5-2-10(8-19)21-13-12(6-15)16-3-4-17-13/h3-4,7,10H,2,5,8H2,1H3/t10-/m1/s1. The number of likely N-dealkylation sites (tertiary alicyclic amines) is 1. The zero-order valence-electron chi connectivity index (χ0n) is 11.9. The minimum absolute atomic E-state index is 0.135. The number of rotatable bonds is 3. The van der Waals surface area contributed by atoms with E-state index in [1.807, 2.05) is 6.07 Å². The smallest absolute Gasteiger partial charge is 0.259 e. The molecule has 0 bridgehead atoms. The highest BCUT2D eigenvalue weighted by atomic mass is 16.5. The van der Waals surface area contributed by atoms with E-state index < -0.39 is 0 Å². The van der Waals surface area contributed by atoms with Crippen LogP contribution in [0.3, 0.4) is 0 Å². The van der Waals surface area contributed by atoms with Gasteiger partial charge in [-0.25, -0.2) is 9.97 Å². The zero-order chi connectivity index (χ0) is 15.5. The van der Waals surface area contributed by atoms with Crippen LogP contribution in [0, 0.1) is 18.3 Å². The normalized spacial score (nSPS) is 17.3. The van der Waals surface area contributed by atoms with Crippen molar-refractivity contribution in [2.75, 3.05) is 13.1 Å². The highest BCUT2D eigenvalue weighted by molar-refractivity contribution is 5.94. The number of aryl methyl sites for hydroxylation is 1. The fraction of sp³-hybridized carbons (Fsp3) is 0.357. The molecule has 1 aliphatic rings. The van der Waals surface area contributed by atoms with E-state index in [1.54, 1.807) is 11.8 Å². The molecular weight excluding hydrogens is 286 g/mol. The zero-order valence-corrected chi connectivity index (χ0v) is 11.9. The first-order chi connectivity index (χ1) is 10.7. The Morgan fingerprint density at radius 2 is 2.32 bits per heavy atom. The van der Waals surface area contributed by atoms with Crippen LogP contribution in [0.25, 0.3) is 0 Å². The first kappa shape index (κ1) is 14.0. The van der Waals surface area contributed by atoms with Gasteiger partial charge in [0.15, 0.2) is 0 Å². The number of nitrogens with zero attached hydrogens (tertiary/aromatic N) is 5. The van der Waals surface area contributed by atoms with Gasteiger partial charge >= 0.3 is 0 Å². The topological polar surface area (TPSA) is 105 Å². The summed E-state index contributed by atoms with van der Waals surface area (Å²) in [6.07, 6.45) is 4.77. The van der Waals surface area contributed by atoms with Crippen molar-refractivity contribution >= 4 is 5.91 Å². The summed E-state index contributed by atoms with van der Waals surface area (Å²) >= 11 is 0. The monoisotopic (exact) mass is 299 g/mol. The fourth-order valence-electron chi connectivity index (χ4n) is 2.33. The highest BCUT2D eigenvalue weighted by Crippen LogP contribution is 2.20. The van der Waals surface area contributed by atoms with Gasteiger partial charge in [0.05, 0.1) is 12.7 Å². The van der Waals surface area contributed by atoms with Crippen molar-refractivity contribution in [3.8, 4) is 11.9 Å². The van der Waals surface area contributed by atoms with E-state index in [1.165, 1.54) is 18.6 Å². The summed E-state index contributed by atoms with van der Waals surface area (Å²) in [5.41, 5.74) is 0.597. The van der Waals surface area contributed by atoms with Crippen molar-refractivity contribution in [2.24, 2.45) is 0 Å². The SMILES string of the molecule is Cc1oncc1C(=O)N1CC[C@@H](Oc2nccnc2C#N)C1. The lowest BCUT2D eigenvalue weighted by Crippen LogP contribution is -2.31. The van der Waals surface area contributed by atoms with Crippen LogP contribution in [0.4, 0.5) is 0 Å². The van der Waals surface area contributed by atoms with E-state index >= 15 is 0 Å². The molecule has 0 N–H and O–H groups in total. The lowest BCUT2D eigenvalue weighted by Gasteiger charge is -2.16. The van der Waals surface area contributed by atoms with Crippen molar-refractivity contribution in [3.63, 3.8) is 0 Å². The Kier molecular flexibility index (Phi) is 3.70. The first-order valence-corrected chi connectivity index (χ1v) is 6.77. The molecule has 0 saturated carbocycles. The molecule has 0 unspecified atom stereocenters. The lowest BCUT2D eigenvalue weighted by molar-refractivity contribution is 0.0769. The Morgan fingerprint density at radius 1 is 1.50 bits per heavy atom. The molecule has 3 rings (SSSR count). The molecule has 2 aromatic heterocycles. The van der Waals surface area contributed by atoms with Crippen LogP contribution in [0.1, 0.15) is 28.2 Å². The average Bonchev–Trinajstić information content (AvgIpc) is 3.16. The van der Waals surface area contributed by atoms with E-state index in [4.69, 9.17) is 14.5 Å². The van der Waals surface area contributed by atoms with Gasteiger partial charge < -0.3 is 14.2 Å². The van der Waals surface area contributed by atoms with Crippen LogP contribution in [-0.4, -0.2) is 45.1 Å². The Balaban J connectivity index is 1.67. The number of carbonyl (C=O) groups is 1. The van der Waals surface area contributed by atoms with Crippen LogP contribution in [0.2, 0.25) is 0 Å². The second kappa shape index (κ2) is 5.81. The third-order valence-corrected chi connectivity index (χ3v) is 3.46. The quantitative estimate of drug-likeness (QED) is 0.830. The molecule has 1 aliphatic heterocycles. The third kappa shape index (κ3) is 2.61. The van der Waals surface area contributed by atoms with Crippen molar-refractivity contribution in [1.82, 2.24) is 20.0 Å². The molecule has 112 valence electrons. The van der Waals surface area contributed by atoms with Gasteiger partial charge in [0.2, 0.25) is 5.69 Å². The van der Waals surface area contributed by atoms with E-state index in [0.717, 1.165) is 0 Å². The molecule has 1 amide bonds. The van der Waals surface area contributed by atoms with Gasteiger partial charge in [-0.2, -0.15) is 5.26 Å². The maximum Gasteiger partial charge on any atom is 0.259 e. The highest BCUT2D eigenvalue weighted by Gasteiger charge is 2.30. The number of carbonyl (C=O) groups excluding carboxylic acids is 1. The van der Waals surface area contributed by atoms with Gasteiger partial charge in [0.1, 0.15) is 23.5 Å². The van der Waals surface area contributed by atoms with Gasteiger partial charge in [-0.3, -0.25) is 4.79 Å². The summed E-state index contributed by atoms with van der Waals surface area (Å²) in [5, 5.41) is 12.6. The van der Waals surface area contributed by atoms with E-state index in [0.29, 0.717) is 30.8 Å². The maximum atomic E-state index is 12.3. The summed E-state index contributed by atoms with van der Waals surface area (Å²) in [5.74, 6) is 0.560. The van der Waals surface area contributed by atoms with Crippen LogP contribution >= 0.6 is 0 Å². The lowest BCUT2D eigenvalue weighted by atomic mass is 10.2. The molecule has 0 aliphatic carbocycles. The first-order valence-electron chi connectivity index (χ1n) is 6.77. The van der Waals surface area contributed by atoms with E-state index in [9.17, 15) is 4.79 Å². The minimum atomic E-state index is -0.215. The maximum absolute atomic E-state index is 12.3. The van der Waals surface area contributed by atoms with Gasteiger partial charge in [-0.1, -0.05) is 5.16 Å². The van der Waals surface area contributed by atoms with Crippen molar-refractivity contribution < 1.29 is 14.1 Å². The van der Waals surface area contributed by atoms with E-state index in [2.05, 4.69) is 15.1 Å². The predicted molar refractivity (Wildman–Crippen MR) is 72.9 cm³/mol. The second-order valence-corrected chi connectivity index (χ2v) is 4.90. The van der Waals surface area contributed by atoms with Gasteiger partial charge in [0, 0.05) is 25.4 Å². The molecule has 3 heterocycles. The van der Waals surface area contributed by atoms with Crippen LogP contribution in [-0.2, 0) is 0 Å². The summed E-state index contributed by atoms with van der Waals surface area (Å²) in [4.78, 5) is 21.9. The second-order valence-electron chi connectivity index (χ2n) is 4.90. The van der Waals surface area contributed by atoms with Crippen molar-refractivity contribution in [3.05, 3.63) is 35.6 Å². The largest absolute Gasteiger partial charge is 0.470 e. The van der Waals surface area contributed by atoms with Crippen molar-refractivity contribution in [1.29, 1.82) is 5.26 Å². The molecule has 22 heavy (non-hydrogen) atoms. The number of nitriles is 1. The molecule has 1 atom stereocenters. The van der Waals surface area contributed by atoms with Crippen LogP contribution in [0.15, 0.2) is 23.1 Å². The summed E-state index contributed by atoms with van der Waals surface area (Å²) in [7, 11) is 0. The molecule has 1 fully saturated rings. The molecule has 8 nitrogen and oxygen atoms in total. The third-order valence-electron chi connectivity index (χ3n) is 3.46. The minimum Gasteiger partial charge on any atom is -0.470 e. The van der Waals surface area contributed by atoms with Crippen LogP contribution < -0.4 is 4.74 Å². The van der Waals surface area contributed by atoms with Gasteiger partial charge in [-0.05, 0) is 6.92 Å². The molecule has 0 spiro atoms. The van der Waals surface area contributed by atoms with E-state index in [-0.39, 0.29) is 23.6 Å². The number of hydrogen-bond acceptors (Lipinski definition) is 7. The molecular formula is C14H13N5O3. The number of aromatic nitrogens is 3. The summed E-state index contributed by atoms with van der Waals surface area (Å²) in [6, 6.07) is 1.93. The van der Waals surface area contributed by atoms with Gasteiger partial charge in [-0.15, -0.1) is 0 Å². The molecule has 8 heteroatoms. The number of ether oxygens (including phenoxy) is 1. The number of hydrogen-bond donors (Lipinski definition) is 0. The molecule has 1 saturated heterocycles. The Morgan fingerprint density at radius 3 is 3.05 bits per heavy atom. The Bertz CT molecular complexity index is 736. The molecule has 0 radical (unpaired) electrons. The predicted octanol–water partition coefficient (Wildman–Crippen LogP) is 0.938. The fourth-order valence-corrected chi connectivity index (χ4v) is 2.33. The average molecular weight is 299 g/mol. The van der Waals surface area contributed by atoms with Crippen LogP contribution in [0.5, 0.6) is 5.88 Å². The van der Waals surface area contributed by atoms with Crippen molar-refractivity contribution in [2.45, 2.75) is 19.4 Å². The van der Waals surface area contributed by atoms with Gasteiger partial charge in [0.25, 0.3) is 11.8 Å². The Labute approximate surface area is 126 Å². The number of amides is 1. The summed E-state index contributed by atoms with van der Waals surface area (Å²) < 4.78 is 10.6. The summed E-state index contributed by atoms with van der Waals surface area (Å²) in [6.45, 7) is 2.68. The Hall–Kier alpha value is -2.95.